The van der Waals surface area contributed by atoms with Gasteiger partial charge in [-0.1, -0.05) is 0 Å². The maximum atomic E-state index is 12.9. The Hall–Kier alpha value is -1.67. The molecule has 0 bridgehead atoms. The molecule has 1 heterocycles. The Morgan fingerprint density at radius 3 is 2.00 bits per heavy atom. The highest BCUT2D eigenvalue weighted by molar-refractivity contribution is 7.15. The zero-order chi connectivity index (χ0) is 12.6. The second-order valence-corrected chi connectivity index (χ2v) is 3.46. The van der Waals surface area contributed by atoms with Gasteiger partial charge in [0, 0.05) is 5.56 Å². The number of rotatable bonds is 1. The summed E-state index contributed by atoms with van der Waals surface area (Å²) >= 11 is 0.396. The van der Waals surface area contributed by atoms with Crippen molar-refractivity contribution in [3.63, 3.8) is 0 Å². The molecule has 16 heavy (non-hydrogen) atoms. The van der Waals surface area contributed by atoms with E-state index in [2.05, 4.69) is 9.69 Å². The highest BCUT2D eigenvalue weighted by Crippen LogP contribution is 2.52. The zero-order valence-corrected chi connectivity index (χ0v) is 8.09. The van der Waals surface area contributed by atoms with Crippen LogP contribution in [0.3, 0.4) is 0 Å². The molecular weight excluding hydrogens is 251 g/mol. The second-order valence-electron chi connectivity index (χ2n) is 2.60. The summed E-state index contributed by atoms with van der Waals surface area (Å²) in [6, 6.07) is 0. The molecule has 0 unspecified atom stereocenters. The van der Waals surface area contributed by atoms with Crippen molar-refractivity contribution in [3.05, 3.63) is 33.8 Å². The molecule has 0 atom stereocenters. The van der Waals surface area contributed by atoms with E-state index in [0.29, 0.717) is 16.7 Å². The number of halogens is 5. The Morgan fingerprint density at radius 1 is 1.06 bits per heavy atom. The molecule has 0 saturated carbocycles. The van der Waals surface area contributed by atoms with Gasteiger partial charge in [-0.25, -0.2) is 9.69 Å². The summed E-state index contributed by atoms with van der Waals surface area (Å²) in [5.74, 6) is -5.10. The van der Waals surface area contributed by atoms with Crippen molar-refractivity contribution in [1.82, 2.24) is 0 Å². The maximum Gasteiger partial charge on any atom is 0.456 e. The SMILES string of the molecule is [C-]#[N+]c1scc(C(F)(F)C(F)(F)F)c1[N+]#[C-]. The fourth-order valence-electron chi connectivity index (χ4n) is 0.904. The second kappa shape index (κ2) is 3.72. The van der Waals surface area contributed by atoms with Crippen LogP contribution >= 0.6 is 11.3 Å². The van der Waals surface area contributed by atoms with E-state index in [-0.39, 0.29) is 0 Å². The van der Waals surface area contributed by atoms with Gasteiger partial charge in [0.1, 0.15) is 0 Å². The third-order valence-electron chi connectivity index (χ3n) is 1.65. The van der Waals surface area contributed by atoms with Crippen molar-refractivity contribution in [2.75, 3.05) is 0 Å². The van der Waals surface area contributed by atoms with Crippen LogP contribution < -0.4 is 0 Å². The largest absolute Gasteiger partial charge is 0.456 e. The third kappa shape index (κ3) is 1.72. The maximum absolute atomic E-state index is 12.9. The molecule has 8 heteroatoms. The molecule has 0 aliphatic rings. The van der Waals surface area contributed by atoms with Crippen LogP contribution in [-0.4, -0.2) is 6.18 Å². The van der Waals surface area contributed by atoms with E-state index in [1.54, 1.807) is 0 Å². The van der Waals surface area contributed by atoms with Crippen molar-refractivity contribution in [3.8, 4) is 0 Å². The summed E-state index contributed by atoms with van der Waals surface area (Å²) in [5, 5.41) is 0.0303. The van der Waals surface area contributed by atoms with Crippen LogP contribution in [0.25, 0.3) is 9.69 Å². The van der Waals surface area contributed by atoms with Crippen molar-refractivity contribution in [2.24, 2.45) is 0 Å². The van der Waals surface area contributed by atoms with E-state index >= 15 is 0 Å². The summed E-state index contributed by atoms with van der Waals surface area (Å²) in [6.07, 6.45) is -5.77. The van der Waals surface area contributed by atoms with Gasteiger partial charge in [0.15, 0.2) is 0 Å². The quantitative estimate of drug-likeness (QED) is 0.513. The van der Waals surface area contributed by atoms with Gasteiger partial charge in [0.25, 0.3) is 0 Å². The van der Waals surface area contributed by atoms with Gasteiger partial charge in [-0.3, -0.25) is 0 Å². The van der Waals surface area contributed by atoms with E-state index in [9.17, 15) is 22.0 Å². The van der Waals surface area contributed by atoms with Crippen LogP contribution in [0.2, 0.25) is 0 Å². The molecule has 2 nitrogen and oxygen atoms in total. The van der Waals surface area contributed by atoms with E-state index < -0.39 is 28.4 Å². The normalized spacial score (nSPS) is 11.9. The highest BCUT2D eigenvalue weighted by atomic mass is 32.1. The Labute approximate surface area is 90.6 Å². The fourth-order valence-corrected chi connectivity index (χ4v) is 1.71. The number of nitrogens with zero attached hydrogens (tertiary/aromatic N) is 2. The number of thiophene rings is 1. The zero-order valence-electron chi connectivity index (χ0n) is 7.27. The molecule has 1 rings (SSSR count). The first-order valence-corrected chi connectivity index (χ1v) is 4.45. The van der Waals surface area contributed by atoms with Crippen molar-refractivity contribution in [2.45, 2.75) is 12.1 Å². The molecule has 0 spiro atoms. The van der Waals surface area contributed by atoms with Crippen LogP contribution in [0.4, 0.5) is 32.6 Å². The van der Waals surface area contributed by atoms with Gasteiger partial charge >= 0.3 is 12.1 Å². The van der Waals surface area contributed by atoms with Crippen LogP contribution in [0.15, 0.2) is 5.38 Å². The average Bonchev–Trinajstić information content (AvgIpc) is 2.58. The molecular formula is C8HF5N2S. The molecule has 1 aromatic rings. The van der Waals surface area contributed by atoms with Crippen LogP contribution in [0.1, 0.15) is 5.56 Å². The highest BCUT2D eigenvalue weighted by Gasteiger charge is 2.59. The van der Waals surface area contributed by atoms with Gasteiger partial charge in [-0.15, -0.1) is 0 Å². The lowest BCUT2D eigenvalue weighted by atomic mass is 10.1. The predicted molar refractivity (Wildman–Crippen MR) is 46.8 cm³/mol. The molecule has 0 aliphatic heterocycles. The molecule has 84 valence electrons. The minimum absolute atomic E-state index is 0.396. The lowest BCUT2D eigenvalue weighted by Crippen LogP contribution is -2.33. The van der Waals surface area contributed by atoms with Crippen LogP contribution in [-0.2, 0) is 5.92 Å². The first-order valence-electron chi connectivity index (χ1n) is 3.57. The molecule has 0 N–H and O–H groups in total. The van der Waals surface area contributed by atoms with Crippen molar-refractivity contribution in [1.29, 1.82) is 0 Å². The van der Waals surface area contributed by atoms with Crippen LogP contribution in [0, 0.1) is 13.1 Å². The van der Waals surface area contributed by atoms with Gasteiger partial charge in [0.2, 0.25) is 10.7 Å². The summed E-state index contributed by atoms with van der Waals surface area (Å²) in [5.41, 5.74) is -2.38. The van der Waals surface area contributed by atoms with E-state index in [4.69, 9.17) is 13.1 Å². The Bertz CT molecular complexity index is 488. The number of hydrogen-bond donors (Lipinski definition) is 0. The third-order valence-corrected chi connectivity index (χ3v) is 2.52. The topological polar surface area (TPSA) is 8.72 Å². The fraction of sp³-hybridized carbons (Fsp3) is 0.250. The molecule has 0 amide bonds. The lowest BCUT2D eigenvalue weighted by molar-refractivity contribution is -0.288. The Morgan fingerprint density at radius 2 is 1.62 bits per heavy atom. The van der Waals surface area contributed by atoms with Gasteiger partial charge < -0.3 is 0 Å². The number of hydrogen-bond acceptors (Lipinski definition) is 1. The summed E-state index contributed by atoms with van der Waals surface area (Å²) in [4.78, 5) is 5.26. The Kier molecular flexibility index (Phi) is 2.89. The van der Waals surface area contributed by atoms with Crippen molar-refractivity contribution >= 4 is 22.0 Å². The predicted octanol–water partition coefficient (Wildman–Crippen LogP) is 4.50. The van der Waals surface area contributed by atoms with Crippen molar-refractivity contribution < 1.29 is 22.0 Å². The monoisotopic (exact) mass is 252 g/mol. The minimum atomic E-state index is -5.77. The summed E-state index contributed by atoms with van der Waals surface area (Å²) in [7, 11) is 0. The lowest BCUT2D eigenvalue weighted by Gasteiger charge is -2.19. The smallest absolute Gasteiger partial charge is 0.249 e. The summed E-state index contributed by atoms with van der Waals surface area (Å²) < 4.78 is 61.9. The molecule has 0 fully saturated rings. The first kappa shape index (κ1) is 12.4. The van der Waals surface area contributed by atoms with E-state index in [1.807, 2.05) is 0 Å². The molecule has 0 saturated heterocycles. The van der Waals surface area contributed by atoms with Gasteiger partial charge in [0.05, 0.1) is 13.1 Å². The van der Waals surface area contributed by atoms with Gasteiger partial charge in [-0.2, -0.15) is 33.3 Å². The minimum Gasteiger partial charge on any atom is -0.249 e. The Balaban J connectivity index is 3.43. The van der Waals surface area contributed by atoms with E-state index in [1.165, 1.54) is 0 Å². The molecule has 0 radical (unpaired) electrons. The molecule has 0 aromatic carbocycles. The van der Waals surface area contributed by atoms with Crippen LogP contribution in [0.5, 0.6) is 0 Å². The number of alkyl halides is 5. The standard InChI is InChI=1S/C8HF5N2S/c1-14-5-4(3-16-6(5)15-2)7(9,10)8(11,12)13/h3H. The first-order chi connectivity index (χ1) is 7.25. The van der Waals surface area contributed by atoms with E-state index in [0.717, 1.165) is 0 Å². The molecule has 0 aliphatic carbocycles. The average molecular weight is 252 g/mol. The molecule has 1 aromatic heterocycles. The summed E-state index contributed by atoms with van der Waals surface area (Å²) in [6.45, 7) is 13.0. The van der Waals surface area contributed by atoms with Gasteiger partial charge in [-0.05, 0) is 5.38 Å².